The smallest absolute Gasteiger partial charge is 0.287 e. The lowest BCUT2D eigenvalue weighted by molar-refractivity contribution is 0.0928. The average molecular weight is 270 g/mol. The highest BCUT2D eigenvalue weighted by Crippen LogP contribution is 2.18. The van der Waals surface area contributed by atoms with E-state index in [1.165, 1.54) is 5.57 Å². The molecule has 0 spiro atoms. The van der Waals surface area contributed by atoms with Gasteiger partial charge in [-0.3, -0.25) is 4.79 Å². The van der Waals surface area contributed by atoms with Crippen LogP contribution in [-0.2, 0) is 0 Å². The molecule has 0 atom stereocenters. The van der Waals surface area contributed by atoms with Crippen molar-refractivity contribution >= 4 is 16.9 Å². The first kappa shape index (κ1) is 12.9. The van der Waals surface area contributed by atoms with Crippen LogP contribution in [0.25, 0.3) is 11.0 Å². The zero-order chi connectivity index (χ0) is 13.8. The second-order valence-electron chi connectivity index (χ2n) is 4.97. The molecule has 104 valence electrons. The fourth-order valence-electron chi connectivity index (χ4n) is 2.41. The van der Waals surface area contributed by atoms with Crippen molar-refractivity contribution in [1.82, 2.24) is 10.6 Å². The number of para-hydroxylation sites is 1. The number of nitrogens with one attached hydrogen (secondary N) is 2. The van der Waals surface area contributed by atoms with Crippen LogP contribution in [0.4, 0.5) is 0 Å². The van der Waals surface area contributed by atoms with Crippen molar-refractivity contribution in [3.05, 3.63) is 47.7 Å². The third-order valence-electron chi connectivity index (χ3n) is 3.54. The Morgan fingerprint density at radius 2 is 2.25 bits per heavy atom. The summed E-state index contributed by atoms with van der Waals surface area (Å²) >= 11 is 0. The Morgan fingerprint density at radius 1 is 1.35 bits per heavy atom. The van der Waals surface area contributed by atoms with Crippen LogP contribution < -0.4 is 10.6 Å². The van der Waals surface area contributed by atoms with Crippen molar-refractivity contribution in [1.29, 1.82) is 0 Å². The van der Waals surface area contributed by atoms with Crippen LogP contribution in [0.1, 0.15) is 23.4 Å². The second-order valence-corrected chi connectivity index (χ2v) is 4.97. The summed E-state index contributed by atoms with van der Waals surface area (Å²) in [6, 6.07) is 9.43. The minimum Gasteiger partial charge on any atom is -0.451 e. The molecule has 1 aromatic heterocycles. The largest absolute Gasteiger partial charge is 0.451 e. The highest BCUT2D eigenvalue weighted by molar-refractivity contribution is 5.96. The van der Waals surface area contributed by atoms with Crippen molar-refractivity contribution in [2.45, 2.75) is 12.8 Å². The van der Waals surface area contributed by atoms with E-state index in [9.17, 15) is 4.79 Å². The summed E-state index contributed by atoms with van der Waals surface area (Å²) < 4.78 is 5.54. The van der Waals surface area contributed by atoms with E-state index in [2.05, 4.69) is 16.7 Å². The van der Waals surface area contributed by atoms with Crippen LogP contribution in [0, 0.1) is 0 Å². The molecule has 1 aromatic carbocycles. The van der Waals surface area contributed by atoms with E-state index in [1.807, 2.05) is 24.3 Å². The Bertz CT molecular complexity index is 610. The SMILES string of the molecule is O=C(NCCC1=CCNCC1)c1cc2ccccc2o1. The minimum absolute atomic E-state index is 0.143. The molecule has 0 aliphatic carbocycles. The van der Waals surface area contributed by atoms with Gasteiger partial charge in [0, 0.05) is 18.5 Å². The van der Waals surface area contributed by atoms with Crippen LogP contribution >= 0.6 is 0 Å². The number of furan rings is 1. The van der Waals surface area contributed by atoms with E-state index in [4.69, 9.17) is 4.42 Å². The molecule has 0 saturated carbocycles. The van der Waals surface area contributed by atoms with E-state index in [-0.39, 0.29) is 5.91 Å². The first-order valence-electron chi connectivity index (χ1n) is 6.98. The highest BCUT2D eigenvalue weighted by Gasteiger charge is 2.11. The number of rotatable bonds is 4. The number of carbonyl (C=O) groups is 1. The fourth-order valence-corrected chi connectivity index (χ4v) is 2.41. The summed E-state index contributed by atoms with van der Waals surface area (Å²) in [4.78, 5) is 12.0. The molecule has 3 rings (SSSR count). The molecule has 2 heterocycles. The Kier molecular flexibility index (Phi) is 3.83. The molecular weight excluding hydrogens is 252 g/mol. The monoisotopic (exact) mass is 270 g/mol. The van der Waals surface area contributed by atoms with E-state index in [1.54, 1.807) is 6.07 Å². The number of benzene rings is 1. The Hall–Kier alpha value is -2.07. The maximum atomic E-state index is 12.0. The van der Waals surface area contributed by atoms with Crippen molar-refractivity contribution in [2.24, 2.45) is 0 Å². The predicted octanol–water partition coefficient (Wildman–Crippen LogP) is 2.47. The van der Waals surface area contributed by atoms with Gasteiger partial charge in [0.15, 0.2) is 5.76 Å². The number of amides is 1. The molecule has 4 nitrogen and oxygen atoms in total. The van der Waals surface area contributed by atoms with Gasteiger partial charge in [-0.05, 0) is 31.5 Å². The van der Waals surface area contributed by atoms with Gasteiger partial charge in [-0.25, -0.2) is 0 Å². The molecule has 0 unspecified atom stereocenters. The number of fused-ring (bicyclic) bond motifs is 1. The van der Waals surface area contributed by atoms with Gasteiger partial charge < -0.3 is 15.1 Å². The summed E-state index contributed by atoms with van der Waals surface area (Å²) in [6.07, 6.45) is 4.19. The molecular formula is C16H18N2O2. The van der Waals surface area contributed by atoms with Gasteiger partial charge in [-0.15, -0.1) is 0 Å². The molecule has 0 fully saturated rings. The van der Waals surface area contributed by atoms with E-state index < -0.39 is 0 Å². The Labute approximate surface area is 117 Å². The lowest BCUT2D eigenvalue weighted by Gasteiger charge is -2.13. The maximum absolute atomic E-state index is 12.0. The van der Waals surface area contributed by atoms with Crippen LogP contribution in [0.2, 0.25) is 0 Å². The normalized spacial score (nSPS) is 15.1. The van der Waals surface area contributed by atoms with Gasteiger partial charge in [-0.2, -0.15) is 0 Å². The van der Waals surface area contributed by atoms with Crippen LogP contribution in [0.15, 0.2) is 46.4 Å². The highest BCUT2D eigenvalue weighted by atomic mass is 16.3. The van der Waals surface area contributed by atoms with Gasteiger partial charge in [0.05, 0.1) is 0 Å². The molecule has 1 amide bonds. The maximum Gasteiger partial charge on any atom is 0.287 e. The number of carbonyl (C=O) groups excluding carboxylic acids is 1. The first-order valence-corrected chi connectivity index (χ1v) is 6.98. The molecule has 20 heavy (non-hydrogen) atoms. The van der Waals surface area contributed by atoms with Gasteiger partial charge in [0.25, 0.3) is 5.91 Å². The zero-order valence-corrected chi connectivity index (χ0v) is 11.3. The van der Waals surface area contributed by atoms with Crippen LogP contribution in [-0.4, -0.2) is 25.5 Å². The Morgan fingerprint density at radius 3 is 3.05 bits per heavy atom. The van der Waals surface area contributed by atoms with Crippen LogP contribution in [0.3, 0.4) is 0 Å². The summed E-state index contributed by atoms with van der Waals surface area (Å²) in [5, 5.41) is 7.15. The standard InChI is InChI=1S/C16H18N2O2/c19-16(18-10-7-12-5-8-17-9-6-12)15-11-13-3-1-2-4-14(13)20-15/h1-5,11,17H,6-10H2,(H,18,19). The lowest BCUT2D eigenvalue weighted by Crippen LogP contribution is -2.26. The molecule has 1 aliphatic rings. The molecule has 2 N–H and O–H groups in total. The van der Waals surface area contributed by atoms with Crippen molar-refractivity contribution in [3.8, 4) is 0 Å². The molecule has 2 aromatic rings. The van der Waals surface area contributed by atoms with Gasteiger partial charge in [0.2, 0.25) is 0 Å². The zero-order valence-electron chi connectivity index (χ0n) is 11.3. The van der Waals surface area contributed by atoms with Gasteiger partial charge in [0.1, 0.15) is 5.58 Å². The lowest BCUT2D eigenvalue weighted by atomic mass is 10.1. The molecule has 1 aliphatic heterocycles. The first-order chi connectivity index (χ1) is 9.83. The van der Waals surface area contributed by atoms with Gasteiger partial charge in [-0.1, -0.05) is 29.8 Å². The summed E-state index contributed by atoms with van der Waals surface area (Å²) in [7, 11) is 0. The van der Waals surface area contributed by atoms with Crippen molar-refractivity contribution in [3.63, 3.8) is 0 Å². The average Bonchev–Trinajstić information content (AvgIpc) is 2.92. The van der Waals surface area contributed by atoms with Crippen molar-refractivity contribution < 1.29 is 9.21 Å². The number of hydrogen-bond acceptors (Lipinski definition) is 3. The number of hydrogen-bond donors (Lipinski definition) is 2. The predicted molar refractivity (Wildman–Crippen MR) is 78.7 cm³/mol. The minimum atomic E-state index is -0.143. The Balaban J connectivity index is 1.57. The molecule has 0 bridgehead atoms. The van der Waals surface area contributed by atoms with Gasteiger partial charge >= 0.3 is 0 Å². The molecule has 4 heteroatoms. The van der Waals surface area contributed by atoms with E-state index in [0.29, 0.717) is 12.3 Å². The van der Waals surface area contributed by atoms with E-state index in [0.717, 1.165) is 36.9 Å². The quantitative estimate of drug-likeness (QED) is 0.839. The van der Waals surface area contributed by atoms with Crippen molar-refractivity contribution in [2.75, 3.05) is 19.6 Å². The third kappa shape index (κ3) is 2.91. The topological polar surface area (TPSA) is 54.3 Å². The second kappa shape index (κ2) is 5.92. The molecule has 0 saturated heterocycles. The summed E-state index contributed by atoms with van der Waals surface area (Å²) in [6.45, 7) is 2.62. The summed E-state index contributed by atoms with van der Waals surface area (Å²) in [5.74, 6) is 0.237. The fraction of sp³-hybridized carbons (Fsp3) is 0.312. The molecule has 0 radical (unpaired) electrons. The van der Waals surface area contributed by atoms with Crippen LogP contribution in [0.5, 0.6) is 0 Å². The summed E-state index contributed by atoms with van der Waals surface area (Å²) in [5.41, 5.74) is 2.16. The third-order valence-corrected chi connectivity index (χ3v) is 3.54. The van der Waals surface area contributed by atoms with E-state index >= 15 is 0 Å².